The molecule has 1 heterocycles. The molecule has 0 spiro atoms. The molecule has 0 saturated carbocycles. The average Bonchev–Trinajstić information content (AvgIpc) is 3.06. The number of anilines is 1. The lowest BCUT2D eigenvalue weighted by Crippen LogP contribution is -2.25. The molecule has 134 valence electrons. The van der Waals surface area contributed by atoms with Crippen molar-refractivity contribution in [3.05, 3.63) is 23.8 Å². The molecule has 0 unspecified atom stereocenters. The highest BCUT2D eigenvalue weighted by atomic mass is 32.2. The summed E-state index contributed by atoms with van der Waals surface area (Å²) in [6.07, 6.45) is 2.14. The van der Waals surface area contributed by atoms with Gasteiger partial charge in [0, 0.05) is 27.2 Å². The van der Waals surface area contributed by atoms with Gasteiger partial charge in [-0.2, -0.15) is 0 Å². The Kier molecular flexibility index (Phi) is 5.87. The summed E-state index contributed by atoms with van der Waals surface area (Å²) >= 11 is 0. The van der Waals surface area contributed by atoms with Crippen LogP contribution in [0.3, 0.4) is 0 Å². The molecule has 0 bridgehead atoms. The molecule has 0 radical (unpaired) electrons. The van der Waals surface area contributed by atoms with E-state index in [0.717, 1.165) is 35.9 Å². The van der Waals surface area contributed by atoms with E-state index in [-0.39, 0.29) is 10.8 Å². The van der Waals surface area contributed by atoms with Crippen LogP contribution in [0.25, 0.3) is 0 Å². The minimum Gasteiger partial charge on any atom is -0.462 e. The molecule has 1 aliphatic rings. The predicted molar refractivity (Wildman–Crippen MR) is 93.9 cm³/mol. The van der Waals surface area contributed by atoms with Crippen LogP contribution in [0.2, 0.25) is 0 Å². The van der Waals surface area contributed by atoms with E-state index >= 15 is 0 Å². The lowest BCUT2D eigenvalue weighted by Gasteiger charge is -2.22. The van der Waals surface area contributed by atoms with Crippen molar-refractivity contribution in [2.45, 2.75) is 31.6 Å². The van der Waals surface area contributed by atoms with Crippen molar-refractivity contribution in [3.8, 4) is 0 Å². The zero-order valence-corrected chi connectivity index (χ0v) is 15.6. The third-order valence-electron chi connectivity index (χ3n) is 3.96. The maximum atomic E-state index is 12.5. The molecule has 0 atom stereocenters. The molecule has 0 N–H and O–H groups in total. The first-order chi connectivity index (χ1) is 11.2. The van der Waals surface area contributed by atoms with Gasteiger partial charge in [-0.05, 0) is 37.0 Å². The van der Waals surface area contributed by atoms with Gasteiger partial charge in [0.05, 0.1) is 22.8 Å². The van der Waals surface area contributed by atoms with Gasteiger partial charge in [0.25, 0.3) is 0 Å². The summed E-state index contributed by atoms with van der Waals surface area (Å²) in [7, 11) is -0.652. The molecule has 0 amide bonds. The van der Waals surface area contributed by atoms with Crippen LogP contribution in [0.1, 0.15) is 37.0 Å². The predicted octanol–water partition coefficient (Wildman–Crippen LogP) is 2.35. The maximum absolute atomic E-state index is 12.5. The summed E-state index contributed by atoms with van der Waals surface area (Å²) in [5.74, 6) is -0.251. The molecule has 0 aromatic heterocycles. The van der Waals surface area contributed by atoms with Crippen LogP contribution in [-0.2, 0) is 14.8 Å². The molecule has 1 aromatic carbocycles. The normalized spacial score (nSPS) is 15.3. The van der Waals surface area contributed by atoms with Gasteiger partial charge in [-0.25, -0.2) is 17.5 Å². The van der Waals surface area contributed by atoms with Crippen molar-refractivity contribution in [2.75, 3.05) is 38.7 Å². The van der Waals surface area contributed by atoms with Crippen molar-refractivity contribution in [1.82, 2.24) is 4.31 Å². The van der Waals surface area contributed by atoms with E-state index in [9.17, 15) is 13.2 Å². The highest BCUT2D eigenvalue weighted by Gasteiger charge is 2.25. The van der Waals surface area contributed by atoms with Crippen LogP contribution >= 0.6 is 0 Å². The largest absolute Gasteiger partial charge is 0.462 e. The Morgan fingerprint density at radius 3 is 2.42 bits per heavy atom. The van der Waals surface area contributed by atoms with Crippen molar-refractivity contribution >= 4 is 21.7 Å². The molecule has 6 nitrogen and oxygen atoms in total. The smallest absolute Gasteiger partial charge is 0.340 e. The number of sulfonamides is 1. The van der Waals surface area contributed by atoms with E-state index in [0.29, 0.717) is 12.2 Å². The zero-order valence-electron chi connectivity index (χ0n) is 14.8. The number of carbonyl (C=O) groups excluding carboxylic acids is 1. The SMILES string of the molecule is CC(C)COC(=O)c1cc(S(=O)(=O)N(C)C)ccc1N1CCCC1. The summed E-state index contributed by atoms with van der Waals surface area (Å²) in [6, 6.07) is 4.71. The minimum absolute atomic E-state index is 0.104. The first-order valence-corrected chi connectivity index (χ1v) is 9.66. The molecular weight excluding hydrogens is 328 g/mol. The van der Waals surface area contributed by atoms with Crippen molar-refractivity contribution < 1.29 is 17.9 Å². The second-order valence-electron chi connectivity index (χ2n) is 6.65. The van der Waals surface area contributed by atoms with E-state index < -0.39 is 16.0 Å². The second-order valence-corrected chi connectivity index (χ2v) is 8.80. The van der Waals surface area contributed by atoms with Crippen LogP contribution in [0.4, 0.5) is 5.69 Å². The van der Waals surface area contributed by atoms with E-state index in [1.54, 1.807) is 12.1 Å². The standard InChI is InChI=1S/C17H26N2O4S/c1-13(2)12-23-17(20)15-11-14(24(21,22)18(3)4)7-8-16(15)19-9-5-6-10-19/h7-8,11,13H,5-6,9-10,12H2,1-4H3. The number of rotatable bonds is 6. The Morgan fingerprint density at radius 1 is 1.25 bits per heavy atom. The van der Waals surface area contributed by atoms with Gasteiger partial charge in [0.15, 0.2) is 0 Å². The van der Waals surface area contributed by atoms with Crippen molar-refractivity contribution in [1.29, 1.82) is 0 Å². The number of carbonyl (C=O) groups is 1. The van der Waals surface area contributed by atoms with Crippen molar-refractivity contribution in [2.24, 2.45) is 5.92 Å². The fraction of sp³-hybridized carbons (Fsp3) is 0.588. The monoisotopic (exact) mass is 354 g/mol. The van der Waals surface area contributed by atoms with Gasteiger partial charge in [-0.15, -0.1) is 0 Å². The molecule has 1 fully saturated rings. The van der Waals surface area contributed by atoms with Crippen LogP contribution in [0, 0.1) is 5.92 Å². The van der Waals surface area contributed by atoms with Gasteiger partial charge in [-0.3, -0.25) is 0 Å². The Morgan fingerprint density at radius 2 is 1.88 bits per heavy atom. The summed E-state index contributed by atoms with van der Waals surface area (Å²) in [5.41, 5.74) is 1.07. The molecule has 7 heteroatoms. The minimum atomic E-state index is -3.60. The molecule has 1 aromatic rings. The van der Waals surface area contributed by atoms with Crippen LogP contribution in [0.5, 0.6) is 0 Å². The highest BCUT2D eigenvalue weighted by molar-refractivity contribution is 7.89. The molecule has 0 aliphatic carbocycles. The van der Waals surface area contributed by atoms with Gasteiger partial charge in [0.2, 0.25) is 10.0 Å². The Balaban J connectivity index is 2.43. The van der Waals surface area contributed by atoms with Gasteiger partial charge < -0.3 is 9.64 Å². The van der Waals surface area contributed by atoms with E-state index in [1.807, 2.05) is 13.8 Å². The molecule has 1 saturated heterocycles. The first kappa shape index (κ1) is 18.7. The molecule has 1 aliphatic heterocycles. The molecule has 2 rings (SSSR count). The van der Waals surface area contributed by atoms with Crippen molar-refractivity contribution in [3.63, 3.8) is 0 Å². The average molecular weight is 354 g/mol. The van der Waals surface area contributed by atoms with Gasteiger partial charge in [0.1, 0.15) is 0 Å². The van der Waals surface area contributed by atoms with E-state index in [2.05, 4.69) is 4.90 Å². The first-order valence-electron chi connectivity index (χ1n) is 8.22. The number of esters is 1. The maximum Gasteiger partial charge on any atom is 0.340 e. The lowest BCUT2D eigenvalue weighted by molar-refractivity contribution is 0.0459. The zero-order chi connectivity index (χ0) is 17.9. The number of ether oxygens (including phenoxy) is 1. The Labute approximate surface area is 144 Å². The summed E-state index contributed by atoms with van der Waals surface area (Å²) in [4.78, 5) is 14.7. The Bertz CT molecular complexity index is 693. The fourth-order valence-corrected chi connectivity index (χ4v) is 3.53. The number of hydrogen-bond acceptors (Lipinski definition) is 5. The van der Waals surface area contributed by atoms with E-state index in [4.69, 9.17) is 4.74 Å². The van der Waals surface area contributed by atoms with Crippen LogP contribution < -0.4 is 4.90 Å². The Hall–Kier alpha value is -1.60. The second kappa shape index (κ2) is 7.53. The number of hydrogen-bond donors (Lipinski definition) is 0. The summed E-state index contributed by atoms with van der Waals surface area (Å²) in [6.45, 7) is 5.96. The number of benzene rings is 1. The topological polar surface area (TPSA) is 66.9 Å². The van der Waals surface area contributed by atoms with Gasteiger partial charge >= 0.3 is 5.97 Å². The lowest BCUT2D eigenvalue weighted by atomic mass is 10.1. The summed E-state index contributed by atoms with van der Waals surface area (Å²) < 4.78 is 31.2. The molecule has 24 heavy (non-hydrogen) atoms. The van der Waals surface area contributed by atoms with Gasteiger partial charge in [-0.1, -0.05) is 13.8 Å². The van der Waals surface area contributed by atoms with Crippen LogP contribution in [0.15, 0.2) is 23.1 Å². The summed E-state index contributed by atoms with van der Waals surface area (Å²) in [5, 5.41) is 0. The third kappa shape index (κ3) is 4.08. The highest BCUT2D eigenvalue weighted by Crippen LogP contribution is 2.28. The quantitative estimate of drug-likeness (QED) is 0.734. The number of nitrogens with zero attached hydrogens (tertiary/aromatic N) is 2. The van der Waals surface area contributed by atoms with E-state index in [1.165, 1.54) is 20.2 Å². The fourth-order valence-electron chi connectivity index (χ4n) is 2.60. The molecular formula is C17H26N2O4S. The van der Waals surface area contributed by atoms with Crippen LogP contribution in [-0.4, -0.2) is 52.5 Å². The third-order valence-corrected chi connectivity index (χ3v) is 5.77.